The lowest BCUT2D eigenvalue weighted by Crippen LogP contribution is -2.62. The van der Waals surface area contributed by atoms with E-state index in [2.05, 4.69) is 63.3 Å². The van der Waals surface area contributed by atoms with Gasteiger partial charge in [0.15, 0.2) is 0 Å². The minimum atomic E-state index is -0.709. The van der Waals surface area contributed by atoms with Gasteiger partial charge in [-0.2, -0.15) is 0 Å². The first-order valence-electron chi connectivity index (χ1n) is 19.7. The van der Waals surface area contributed by atoms with Crippen molar-refractivity contribution in [1.29, 1.82) is 0 Å². The van der Waals surface area contributed by atoms with Crippen LogP contribution in [0.2, 0.25) is 0 Å². The Labute approximate surface area is 276 Å². The van der Waals surface area contributed by atoms with E-state index in [0.29, 0.717) is 66.6 Å². The van der Waals surface area contributed by atoms with Crippen LogP contribution in [0.15, 0.2) is 0 Å². The highest BCUT2D eigenvalue weighted by molar-refractivity contribution is 5.11. The average molecular weight is 641 g/mol. The van der Waals surface area contributed by atoms with Crippen LogP contribution < -0.4 is 42.5 Å². The number of hydrogen-bond donors (Lipinski definition) is 10. The number of rotatable bonds is 0. The van der Waals surface area contributed by atoms with Gasteiger partial charge in [0.2, 0.25) is 0 Å². The van der Waals surface area contributed by atoms with Gasteiger partial charge < -0.3 is 10.2 Å². The predicted octanol–water partition coefficient (Wildman–Crippen LogP) is 1.82. The summed E-state index contributed by atoms with van der Waals surface area (Å²) >= 11 is 0. The minimum Gasteiger partial charge on any atom is -0.390 e. The topological polar surface area (TPSA) is 137 Å². The molecular weight excluding hydrogens is 576 g/mol. The van der Waals surface area contributed by atoms with Crippen LogP contribution >= 0.6 is 0 Å². The van der Waals surface area contributed by atoms with E-state index >= 15 is 0 Å². The quantitative estimate of drug-likeness (QED) is 0.191. The smallest absolute Gasteiger partial charge is 0.0836 e. The van der Waals surface area contributed by atoms with Crippen molar-refractivity contribution in [2.45, 2.75) is 166 Å². The molecule has 19 atom stereocenters. The Bertz CT molecular complexity index is 1110. The first-order valence-corrected chi connectivity index (χ1v) is 19.7. The van der Waals surface area contributed by atoms with E-state index in [-0.39, 0.29) is 47.8 Å². The summed E-state index contributed by atoms with van der Waals surface area (Å²) in [5.41, 5.74) is -0.129. The monoisotopic (exact) mass is 641 g/mol. The molecule has 5 aliphatic heterocycles. The molecule has 4 saturated carbocycles. The molecular formula is C36H64N8O2. The highest BCUT2D eigenvalue weighted by atomic mass is 16.3. The molecule has 0 aromatic rings. The fourth-order valence-corrected chi connectivity index (χ4v) is 13.1. The third kappa shape index (κ3) is 5.26. The van der Waals surface area contributed by atoms with Crippen molar-refractivity contribution >= 4 is 0 Å². The molecule has 0 radical (unpaired) electrons. The predicted molar refractivity (Wildman–Crippen MR) is 178 cm³/mol. The van der Waals surface area contributed by atoms with Gasteiger partial charge in [0.05, 0.1) is 61.5 Å². The summed E-state index contributed by atoms with van der Waals surface area (Å²) in [6.45, 7) is 6.78. The molecule has 9 fully saturated rings. The van der Waals surface area contributed by atoms with Gasteiger partial charge in [-0.1, -0.05) is 59.3 Å². The zero-order chi connectivity index (χ0) is 31.3. The van der Waals surface area contributed by atoms with Crippen LogP contribution in [0.25, 0.3) is 0 Å². The second-order valence-electron chi connectivity index (χ2n) is 18.4. The Kier molecular flexibility index (Phi) is 8.33. The van der Waals surface area contributed by atoms with Gasteiger partial charge in [0, 0.05) is 0 Å². The second kappa shape index (κ2) is 12.1. The second-order valence-corrected chi connectivity index (χ2v) is 18.4. The number of hydrogen-bond acceptors (Lipinski definition) is 10. The fourth-order valence-electron chi connectivity index (χ4n) is 13.1. The van der Waals surface area contributed by atoms with Crippen molar-refractivity contribution in [3.63, 3.8) is 0 Å². The van der Waals surface area contributed by atoms with Crippen molar-refractivity contribution in [3.05, 3.63) is 0 Å². The van der Waals surface area contributed by atoms with Gasteiger partial charge >= 0.3 is 0 Å². The van der Waals surface area contributed by atoms with Crippen LogP contribution in [-0.2, 0) is 0 Å². The first-order chi connectivity index (χ1) is 22.2. The number of aliphatic hydroxyl groups is 2. The maximum absolute atomic E-state index is 11.6. The molecule has 10 nitrogen and oxygen atoms in total. The van der Waals surface area contributed by atoms with Crippen LogP contribution in [0.4, 0.5) is 0 Å². The normalized spacial score (nSPS) is 56.9. The van der Waals surface area contributed by atoms with E-state index in [4.69, 9.17) is 0 Å². The molecule has 5 saturated heterocycles. The molecule has 0 spiro atoms. The summed E-state index contributed by atoms with van der Waals surface area (Å²) in [6, 6.07) is 0. The van der Waals surface area contributed by atoms with Crippen LogP contribution in [0.1, 0.15) is 104 Å². The van der Waals surface area contributed by atoms with Gasteiger partial charge in [-0.15, -0.1) is 0 Å². The van der Waals surface area contributed by atoms with Crippen molar-refractivity contribution < 1.29 is 10.2 Å². The van der Waals surface area contributed by atoms with E-state index in [1.807, 2.05) is 0 Å². The summed E-state index contributed by atoms with van der Waals surface area (Å²) < 4.78 is 0. The summed E-state index contributed by atoms with van der Waals surface area (Å²) in [6.07, 6.45) is 16.9. The van der Waals surface area contributed by atoms with Gasteiger partial charge in [-0.25, -0.2) is 0 Å². The Morgan fingerprint density at radius 3 is 1.00 bits per heavy atom. The molecule has 0 amide bonds. The highest BCUT2D eigenvalue weighted by Crippen LogP contribution is 2.51. The zero-order valence-corrected chi connectivity index (χ0v) is 28.6. The molecule has 0 aromatic carbocycles. The van der Waals surface area contributed by atoms with Crippen molar-refractivity contribution in [2.75, 3.05) is 0 Å². The number of aliphatic hydroxyl groups excluding tert-OH is 2. The summed E-state index contributed by atoms with van der Waals surface area (Å²) in [5.74, 6) is 4.27. The SMILES string of the molecule is CC(C)(C)C1C(O)C(O)CC2C3NC4NC(NC5NC(NC6NC(NC(N3)C21)C1CCCCC61)C1CCCCC51)C1CCCCC41. The highest BCUT2D eigenvalue weighted by Gasteiger charge is 2.59. The van der Waals surface area contributed by atoms with Gasteiger partial charge in [-0.05, 0) is 104 Å². The number of fused-ring (bicyclic) bond motifs is 20. The van der Waals surface area contributed by atoms with Gasteiger partial charge in [0.1, 0.15) is 0 Å². The lowest BCUT2D eigenvalue weighted by atomic mass is 9.60. The Balaban J connectivity index is 1.08. The van der Waals surface area contributed by atoms with Gasteiger partial charge in [-0.3, -0.25) is 42.5 Å². The lowest BCUT2D eigenvalue weighted by Gasteiger charge is -2.49. The van der Waals surface area contributed by atoms with E-state index in [1.54, 1.807) is 0 Å². The lowest BCUT2D eigenvalue weighted by molar-refractivity contribution is -0.124. The molecule has 260 valence electrons. The molecule has 9 rings (SSSR count). The largest absolute Gasteiger partial charge is 0.390 e. The van der Waals surface area contributed by atoms with Crippen molar-refractivity contribution in [3.8, 4) is 0 Å². The molecule has 46 heavy (non-hydrogen) atoms. The summed E-state index contributed by atoms with van der Waals surface area (Å²) in [5, 5.41) is 56.3. The molecule has 8 bridgehead atoms. The molecule has 0 aromatic heterocycles. The van der Waals surface area contributed by atoms with E-state index in [9.17, 15) is 10.2 Å². The Hall–Kier alpha value is -0.400. The maximum Gasteiger partial charge on any atom is 0.0836 e. The fraction of sp³-hybridized carbons (Fsp3) is 1.00. The maximum atomic E-state index is 11.6. The minimum absolute atomic E-state index is 0.00541. The Morgan fingerprint density at radius 2 is 0.696 bits per heavy atom. The van der Waals surface area contributed by atoms with Crippen LogP contribution in [0.3, 0.4) is 0 Å². The van der Waals surface area contributed by atoms with E-state index in [1.165, 1.54) is 77.0 Å². The summed E-state index contributed by atoms with van der Waals surface area (Å²) in [7, 11) is 0. The zero-order valence-electron chi connectivity index (χ0n) is 28.6. The van der Waals surface area contributed by atoms with Crippen molar-refractivity contribution in [1.82, 2.24) is 42.5 Å². The van der Waals surface area contributed by atoms with Crippen LogP contribution in [-0.4, -0.2) is 71.7 Å². The molecule has 10 N–H and O–H groups in total. The van der Waals surface area contributed by atoms with Crippen LogP contribution in [0.5, 0.6) is 0 Å². The molecule has 19 unspecified atom stereocenters. The third-order valence-electron chi connectivity index (χ3n) is 15.1. The standard InChI is InChI=1S/C36H64N8O2/c1-36(2,3)26-25-23(16-24(45)27(26)46)34-42-32-20-13-7-6-12-19(20)30(40-32)38-28-17-10-4-5-11-18(17)29(37-28)39-31-21-14-8-9-15-22(21)33(41-31)43-35(25)44-34/h17-35,37-46H,4-16H2,1-3H3. The Morgan fingerprint density at radius 1 is 0.413 bits per heavy atom. The molecule has 9 aliphatic rings. The number of nitrogens with one attached hydrogen (secondary N) is 8. The van der Waals surface area contributed by atoms with E-state index < -0.39 is 12.2 Å². The van der Waals surface area contributed by atoms with Gasteiger partial charge in [0.25, 0.3) is 0 Å². The molecule has 10 heteroatoms. The van der Waals surface area contributed by atoms with Crippen LogP contribution in [0, 0.1) is 58.7 Å². The molecule has 4 aliphatic carbocycles. The third-order valence-corrected chi connectivity index (χ3v) is 15.1. The summed E-state index contributed by atoms with van der Waals surface area (Å²) in [4.78, 5) is 0. The first kappa shape index (κ1) is 31.6. The molecule has 5 heterocycles. The van der Waals surface area contributed by atoms with Crippen molar-refractivity contribution in [2.24, 2.45) is 58.7 Å². The average Bonchev–Trinajstić information content (AvgIpc) is 3.76. The van der Waals surface area contributed by atoms with E-state index in [0.717, 1.165) is 0 Å².